The summed E-state index contributed by atoms with van der Waals surface area (Å²) in [6.45, 7) is 6.17. The van der Waals surface area contributed by atoms with Crippen molar-refractivity contribution in [2.24, 2.45) is 0 Å². The van der Waals surface area contributed by atoms with E-state index in [1.165, 1.54) is 12.3 Å². The van der Waals surface area contributed by atoms with Crippen molar-refractivity contribution < 1.29 is 35.9 Å². The predicted octanol–water partition coefficient (Wildman–Crippen LogP) is 5.56. The van der Waals surface area contributed by atoms with Gasteiger partial charge >= 0.3 is 12.4 Å². The molecule has 1 aromatic carbocycles. The first kappa shape index (κ1) is 31.9. The maximum Gasteiger partial charge on any atom is 0.437 e. The standard InChI is InChI=1S/C26H23F6IN8O2/c1-12(2)35-23(42)17-9-15(33)8-14(4)19(17)36-24(43)18-10-16(37-41(18)22-13(3)6-5-7-34-22)11-40-38-20(25(27,28)29)21(39-40)26(30,31)32/h5-10,12H,11H2,1-4H3,(H,35,42)(H,36,43). The molecule has 0 saturated carbocycles. The van der Waals surface area contributed by atoms with Gasteiger partial charge in [0, 0.05) is 15.8 Å². The van der Waals surface area contributed by atoms with E-state index in [4.69, 9.17) is 0 Å². The van der Waals surface area contributed by atoms with Crippen LogP contribution in [0.2, 0.25) is 0 Å². The molecule has 0 aliphatic rings. The number of anilines is 1. The van der Waals surface area contributed by atoms with Gasteiger partial charge in [0.05, 0.1) is 16.9 Å². The Balaban J connectivity index is 1.78. The number of carbonyl (C=O) groups excluding carboxylic acids is 2. The Labute approximate surface area is 254 Å². The smallest absolute Gasteiger partial charge is 0.350 e. The lowest BCUT2D eigenvalue weighted by atomic mass is 10.1. The molecular formula is C26H23F6IN8O2. The lowest BCUT2D eigenvalue weighted by molar-refractivity contribution is -0.165. The summed E-state index contributed by atoms with van der Waals surface area (Å²) >= 11 is 2.03. The number of rotatable bonds is 7. The number of benzene rings is 1. The molecule has 0 aliphatic carbocycles. The summed E-state index contributed by atoms with van der Waals surface area (Å²) in [6.07, 6.45) is -9.41. The first-order valence-corrected chi connectivity index (χ1v) is 13.6. The first-order chi connectivity index (χ1) is 20.0. The van der Waals surface area contributed by atoms with Gasteiger partial charge in [-0.3, -0.25) is 9.59 Å². The molecule has 0 saturated heterocycles. The Hall–Kier alpha value is -4.03. The quantitative estimate of drug-likeness (QED) is 0.191. The summed E-state index contributed by atoms with van der Waals surface area (Å²) in [4.78, 5) is 31.1. The van der Waals surface area contributed by atoms with Gasteiger partial charge in [-0.25, -0.2) is 9.67 Å². The minimum atomic E-state index is -5.41. The number of nitrogens with one attached hydrogen (secondary N) is 2. The van der Waals surface area contributed by atoms with Crippen LogP contribution in [0.25, 0.3) is 5.82 Å². The van der Waals surface area contributed by atoms with Crippen molar-refractivity contribution in [3.8, 4) is 5.82 Å². The highest BCUT2D eigenvalue weighted by Gasteiger charge is 2.48. The van der Waals surface area contributed by atoms with E-state index in [0.717, 1.165) is 8.25 Å². The van der Waals surface area contributed by atoms with Crippen molar-refractivity contribution in [3.05, 3.63) is 79.6 Å². The summed E-state index contributed by atoms with van der Waals surface area (Å²) in [6, 6.07) is 7.60. The molecule has 43 heavy (non-hydrogen) atoms. The number of carbonyl (C=O) groups is 2. The molecule has 0 atom stereocenters. The lowest BCUT2D eigenvalue weighted by Crippen LogP contribution is -2.31. The third kappa shape index (κ3) is 7.14. The fraction of sp³-hybridized carbons (Fsp3) is 0.308. The second-order valence-corrected chi connectivity index (χ2v) is 11.0. The average Bonchev–Trinajstić information content (AvgIpc) is 3.50. The summed E-state index contributed by atoms with van der Waals surface area (Å²) in [5.74, 6) is -1.03. The van der Waals surface area contributed by atoms with E-state index in [2.05, 4.69) is 30.9 Å². The highest BCUT2D eigenvalue weighted by atomic mass is 127. The van der Waals surface area contributed by atoms with Crippen molar-refractivity contribution in [3.63, 3.8) is 0 Å². The fourth-order valence-corrected chi connectivity index (χ4v) is 4.86. The number of nitrogens with zero attached hydrogens (tertiary/aromatic N) is 6. The molecular weight excluding hydrogens is 697 g/mol. The topological polar surface area (TPSA) is 120 Å². The van der Waals surface area contributed by atoms with Crippen LogP contribution in [-0.4, -0.2) is 47.6 Å². The molecule has 0 radical (unpaired) electrons. The van der Waals surface area contributed by atoms with E-state index >= 15 is 0 Å². The molecule has 3 aromatic heterocycles. The van der Waals surface area contributed by atoms with Gasteiger partial charge in [-0.05, 0) is 85.7 Å². The highest BCUT2D eigenvalue weighted by Crippen LogP contribution is 2.38. The molecule has 0 spiro atoms. The molecule has 17 heteroatoms. The predicted molar refractivity (Wildman–Crippen MR) is 150 cm³/mol. The van der Waals surface area contributed by atoms with Gasteiger partial charge in [0.25, 0.3) is 11.8 Å². The second kappa shape index (κ2) is 11.9. The number of hydrogen-bond acceptors (Lipinski definition) is 6. The second-order valence-electron chi connectivity index (χ2n) is 9.73. The zero-order chi connectivity index (χ0) is 31.9. The van der Waals surface area contributed by atoms with Crippen LogP contribution >= 0.6 is 22.6 Å². The molecule has 3 heterocycles. The molecule has 2 N–H and O–H groups in total. The van der Waals surface area contributed by atoms with Crippen molar-refractivity contribution in [2.75, 3.05) is 5.32 Å². The zero-order valence-electron chi connectivity index (χ0n) is 22.9. The first-order valence-electron chi connectivity index (χ1n) is 12.5. The van der Waals surface area contributed by atoms with E-state index in [1.807, 2.05) is 22.6 Å². The molecule has 4 aromatic rings. The Morgan fingerprint density at radius 2 is 1.56 bits per heavy atom. The van der Waals surface area contributed by atoms with Gasteiger partial charge in [0.15, 0.2) is 17.2 Å². The third-order valence-electron chi connectivity index (χ3n) is 5.87. The van der Waals surface area contributed by atoms with E-state index in [1.54, 1.807) is 52.0 Å². The Morgan fingerprint density at radius 1 is 0.930 bits per heavy atom. The third-order valence-corrected chi connectivity index (χ3v) is 6.50. The molecule has 0 bridgehead atoms. The van der Waals surface area contributed by atoms with Crippen LogP contribution in [0.4, 0.5) is 32.0 Å². The molecule has 228 valence electrons. The van der Waals surface area contributed by atoms with Crippen molar-refractivity contribution in [1.82, 2.24) is 35.1 Å². The van der Waals surface area contributed by atoms with Gasteiger partial charge in [-0.1, -0.05) is 6.07 Å². The molecule has 0 fully saturated rings. The molecule has 10 nitrogen and oxygen atoms in total. The summed E-state index contributed by atoms with van der Waals surface area (Å²) in [7, 11) is 0. The van der Waals surface area contributed by atoms with Crippen LogP contribution in [0.1, 0.15) is 62.9 Å². The monoisotopic (exact) mass is 720 g/mol. The summed E-state index contributed by atoms with van der Waals surface area (Å²) in [5.41, 5.74) is -3.17. The minimum absolute atomic E-state index is 0.134. The number of pyridine rings is 1. The minimum Gasteiger partial charge on any atom is -0.350 e. The van der Waals surface area contributed by atoms with E-state index < -0.39 is 42.1 Å². The Bertz CT molecular complexity index is 1660. The van der Waals surface area contributed by atoms with Crippen LogP contribution in [0, 0.1) is 17.4 Å². The number of aromatic nitrogens is 6. The van der Waals surface area contributed by atoms with Crippen LogP contribution < -0.4 is 10.6 Å². The number of halogens is 7. The van der Waals surface area contributed by atoms with E-state index in [0.29, 0.717) is 11.1 Å². The lowest BCUT2D eigenvalue weighted by Gasteiger charge is -2.16. The SMILES string of the molecule is Cc1cccnc1-n1nc(Cn2nc(C(F)(F)F)c(C(F)(F)F)n2)cc1C(=O)Nc1c(C)cc(I)cc1C(=O)NC(C)C. The van der Waals surface area contributed by atoms with Crippen LogP contribution in [0.3, 0.4) is 0 Å². The maximum absolute atomic E-state index is 13.7. The summed E-state index contributed by atoms with van der Waals surface area (Å²) in [5, 5.41) is 15.7. The molecule has 0 unspecified atom stereocenters. The van der Waals surface area contributed by atoms with E-state index in [-0.39, 0.29) is 39.3 Å². The summed E-state index contributed by atoms with van der Waals surface area (Å²) < 4.78 is 81.5. The van der Waals surface area contributed by atoms with Crippen LogP contribution in [0.5, 0.6) is 0 Å². The van der Waals surface area contributed by atoms with Gasteiger partial charge in [-0.15, -0.1) is 10.2 Å². The average molecular weight is 720 g/mol. The van der Waals surface area contributed by atoms with Gasteiger partial charge < -0.3 is 10.6 Å². The van der Waals surface area contributed by atoms with Gasteiger partial charge in [-0.2, -0.15) is 36.2 Å². The van der Waals surface area contributed by atoms with E-state index in [9.17, 15) is 35.9 Å². The highest BCUT2D eigenvalue weighted by molar-refractivity contribution is 14.1. The molecule has 2 amide bonds. The van der Waals surface area contributed by atoms with Crippen LogP contribution in [0.15, 0.2) is 36.5 Å². The normalized spacial score (nSPS) is 12.1. The molecule has 4 rings (SSSR count). The van der Waals surface area contributed by atoms with Crippen molar-refractivity contribution in [2.45, 2.75) is 52.6 Å². The number of amides is 2. The Morgan fingerprint density at radius 3 is 2.12 bits per heavy atom. The number of aryl methyl sites for hydroxylation is 2. The van der Waals surface area contributed by atoms with Crippen LogP contribution in [-0.2, 0) is 18.9 Å². The zero-order valence-corrected chi connectivity index (χ0v) is 25.1. The largest absolute Gasteiger partial charge is 0.437 e. The van der Waals surface area contributed by atoms with Crippen molar-refractivity contribution in [1.29, 1.82) is 0 Å². The number of alkyl halides is 6. The van der Waals surface area contributed by atoms with Gasteiger partial charge in [0.2, 0.25) is 0 Å². The molecule has 0 aliphatic heterocycles. The van der Waals surface area contributed by atoms with Gasteiger partial charge in [0.1, 0.15) is 12.2 Å². The maximum atomic E-state index is 13.7. The Kier molecular flexibility index (Phi) is 8.85. The van der Waals surface area contributed by atoms with Crippen molar-refractivity contribution >= 4 is 40.1 Å². The fourth-order valence-electron chi connectivity index (χ4n) is 4.08. The number of hydrogen-bond donors (Lipinski definition) is 2.